The van der Waals surface area contributed by atoms with Crippen molar-refractivity contribution in [1.29, 1.82) is 0 Å². The molecule has 3 atom stereocenters. The highest BCUT2D eigenvalue weighted by Crippen LogP contribution is 2.66. The summed E-state index contributed by atoms with van der Waals surface area (Å²) in [6, 6.07) is 4.55. The summed E-state index contributed by atoms with van der Waals surface area (Å²) in [5, 5.41) is 4.57. The third-order valence-corrected chi connectivity index (χ3v) is 7.67. The lowest BCUT2D eigenvalue weighted by atomic mass is 9.69. The van der Waals surface area contributed by atoms with Crippen molar-refractivity contribution in [3.8, 4) is 0 Å². The van der Waals surface area contributed by atoms with Crippen molar-refractivity contribution < 1.29 is 0 Å². The van der Waals surface area contributed by atoms with Crippen LogP contribution in [0.5, 0.6) is 0 Å². The third-order valence-electron chi connectivity index (χ3n) is 6.56. The lowest BCUT2D eigenvalue weighted by Gasteiger charge is -2.40. The Kier molecular flexibility index (Phi) is 2.87. The van der Waals surface area contributed by atoms with Crippen LogP contribution in [0.2, 0.25) is 5.02 Å². The Morgan fingerprint density at radius 1 is 1.33 bits per heavy atom. The Bertz CT molecular complexity index is 708. The fourth-order valence-corrected chi connectivity index (χ4v) is 5.53. The monoisotopic (exact) mass is 320 g/mol. The largest absolute Gasteiger partial charge is 0.379 e. The summed E-state index contributed by atoms with van der Waals surface area (Å²) in [5.41, 5.74) is 4.71. The van der Waals surface area contributed by atoms with Crippen LogP contribution in [-0.4, -0.2) is 11.0 Å². The first kappa shape index (κ1) is 13.8. The number of aromatic nitrogens is 1. The van der Waals surface area contributed by atoms with Gasteiger partial charge in [-0.15, -0.1) is 11.3 Å². The predicted molar refractivity (Wildman–Crippen MR) is 91.3 cm³/mol. The number of hydrogen-bond acceptors (Lipinski definition) is 3. The maximum atomic E-state index is 6.46. The number of halogens is 1. The van der Waals surface area contributed by atoms with Crippen molar-refractivity contribution in [2.24, 2.45) is 16.7 Å². The molecule has 3 unspecified atom stereocenters. The third kappa shape index (κ3) is 1.74. The first-order valence-corrected chi connectivity index (χ1v) is 8.97. The lowest BCUT2D eigenvalue weighted by Crippen LogP contribution is -2.40. The molecule has 2 saturated carbocycles. The van der Waals surface area contributed by atoms with Gasteiger partial charge < -0.3 is 5.32 Å². The summed E-state index contributed by atoms with van der Waals surface area (Å²) in [4.78, 5) is 4.51. The van der Waals surface area contributed by atoms with E-state index in [0.29, 0.717) is 16.9 Å². The van der Waals surface area contributed by atoms with Gasteiger partial charge in [-0.3, -0.25) is 0 Å². The van der Waals surface area contributed by atoms with Gasteiger partial charge in [0.15, 0.2) is 0 Å². The Morgan fingerprint density at radius 3 is 2.81 bits per heavy atom. The molecule has 2 aromatic rings. The predicted octanol–water partition coefficient (Wildman–Crippen LogP) is 5.58. The van der Waals surface area contributed by atoms with Gasteiger partial charge in [-0.2, -0.15) is 0 Å². The minimum absolute atomic E-state index is 0.346. The van der Waals surface area contributed by atoms with E-state index in [4.69, 9.17) is 11.6 Å². The Balaban J connectivity index is 1.74. The van der Waals surface area contributed by atoms with Crippen LogP contribution in [0.4, 0.5) is 5.69 Å². The van der Waals surface area contributed by atoms with Crippen molar-refractivity contribution >= 4 is 38.8 Å². The summed E-state index contributed by atoms with van der Waals surface area (Å²) < 4.78 is 1.20. The number of thiazole rings is 1. The van der Waals surface area contributed by atoms with Gasteiger partial charge in [0, 0.05) is 6.04 Å². The minimum atomic E-state index is 0.346. The molecule has 0 radical (unpaired) electrons. The number of anilines is 1. The normalized spacial score (nSPS) is 33.7. The van der Waals surface area contributed by atoms with Crippen LogP contribution in [0.1, 0.15) is 40.0 Å². The second kappa shape index (κ2) is 4.36. The molecule has 112 valence electrons. The number of nitrogens with one attached hydrogen (secondary N) is 1. The van der Waals surface area contributed by atoms with E-state index >= 15 is 0 Å². The van der Waals surface area contributed by atoms with Gasteiger partial charge in [0.25, 0.3) is 0 Å². The number of hydrogen-bond donors (Lipinski definition) is 1. The average molecular weight is 321 g/mol. The maximum absolute atomic E-state index is 6.46. The van der Waals surface area contributed by atoms with E-state index in [1.807, 2.05) is 11.6 Å². The molecule has 21 heavy (non-hydrogen) atoms. The Hall–Kier alpha value is -0.800. The summed E-state index contributed by atoms with van der Waals surface area (Å²) in [7, 11) is 0. The lowest BCUT2D eigenvalue weighted by molar-refractivity contribution is 0.142. The Morgan fingerprint density at radius 2 is 2.14 bits per heavy atom. The first-order chi connectivity index (χ1) is 9.93. The molecule has 2 aliphatic carbocycles. The smallest absolute Gasteiger partial charge is 0.106 e. The van der Waals surface area contributed by atoms with Crippen molar-refractivity contribution in [2.45, 2.75) is 46.1 Å². The van der Waals surface area contributed by atoms with Crippen LogP contribution in [0.15, 0.2) is 17.6 Å². The molecular weight excluding hydrogens is 300 g/mol. The van der Waals surface area contributed by atoms with E-state index in [2.05, 4.69) is 37.1 Å². The molecule has 1 N–H and O–H groups in total. The van der Waals surface area contributed by atoms with Crippen LogP contribution in [0, 0.1) is 16.7 Å². The molecule has 0 saturated heterocycles. The highest BCUT2D eigenvalue weighted by atomic mass is 35.5. The molecule has 0 aliphatic heterocycles. The topological polar surface area (TPSA) is 24.9 Å². The SMILES string of the molecule is CC1(C)C2CCC1(C)C(Nc1c(Cl)ccc3scnc13)C2. The van der Waals surface area contributed by atoms with Gasteiger partial charge >= 0.3 is 0 Å². The highest BCUT2D eigenvalue weighted by Gasteiger charge is 2.61. The minimum Gasteiger partial charge on any atom is -0.379 e. The van der Waals surface area contributed by atoms with E-state index in [9.17, 15) is 0 Å². The second-order valence-corrected chi connectivity index (χ2v) is 8.72. The van der Waals surface area contributed by atoms with Crippen LogP contribution in [0.3, 0.4) is 0 Å². The molecule has 4 heteroatoms. The van der Waals surface area contributed by atoms with E-state index in [-0.39, 0.29) is 0 Å². The maximum Gasteiger partial charge on any atom is 0.106 e. The number of fused-ring (bicyclic) bond motifs is 3. The van der Waals surface area contributed by atoms with E-state index in [1.54, 1.807) is 11.3 Å². The molecule has 2 bridgehead atoms. The van der Waals surface area contributed by atoms with Crippen LogP contribution in [-0.2, 0) is 0 Å². The average Bonchev–Trinajstić information content (AvgIpc) is 3.04. The van der Waals surface area contributed by atoms with Crippen LogP contribution >= 0.6 is 22.9 Å². The molecule has 2 aliphatic rings. The quantitative estimate of drug-likeness (QED) is 0.781. The van der Waals surface area contributed by atoms with Crippen molar-refractivity contribution in [2.75, 3.05) is 5.32 Å². The van der Waals surface area contributed by atoms with Gasteiger partial charge in [-0.25, -0.2) is 4.98 Å². The fraction of sp³-hybridized carbons (Fsp3) is 0.588. The number of benzene rings is 1. The molecule has 2 fully saturated rings. The molecule has 1 aromatic carbocycles. The zero-order chi connectivity index (χ0) is 14.8. The molecule has 1 heterocycles. The number of rotatable bonds is 2. The summed E-state index contributed by atoms with van der Waals surface area (Å²) in [5.74, 6) is 0.827. The van der Waals surface area contributed by atoms with Gasteiger partial charge in [0.2, 0.25) is 0 Å². The molecule has 1 aromatic heterocycles. The summed E-state index contributed by atoms with van der Waals surface area (Å²) in [6.45, 7) is 7.33. The standard InChI is InChI=1S/C17H21ClN2S/c1-16(2)10-6-7-17(16,3)13(8-10)20-14-11(18)4-5-12-15(14)19-9-21-12/h4-5,9-10,13,20H,6-8H2,1-3H3. The van der Waals surface area contributed by atoms with Crippen molar-refractivity contribution in [3.63, 3.8) is 0 Å². The highest BCUT2D eigenvalue weighted by molar-refractivity contribution is 7.16. The van der Waals surface area contributed by atoms with Gasteiger partial charge in [0.05, 0.1) is 20.9 Å². The first-order valence-electron chi connectivity index (χ1n) is 7.72. The molecule has 0 amide bonds. The van der Waals surface area contributed by atoms with Crippen LogP contribution in [0.25, 0.3) is 10.2 Å². The van der Waals surface area contributed by atoms with Gasteiger partial charge in [-0.05, 0) is 48.1 Å². The van der Waals surface area contributed by atoms with Gasteiger partial charge in [-0.1, -0.05) is 32.4 Å². The zero-order valence-corrected chi connectivity index (χ0v) is 14.3. The van der Waals surface area contributed by atoms with Crippen molar-refractivity contribution in [1.82, 2.24) is 4.98 Å². The van der Waals surface area contributed by atoms with E-state index < -0.39 is 0 Å². The fourth-order valence-electron chi connectivity index (χ4n) is 4.64. The number of nitrogens with zero attached hydrogens (tertiary/aromatic N) is 1. The molecular formula is C17H21ClN2S. The van der Waals surface area contributed by atoms with E-state index in [1.165, 1.54) is 24.0 Å². The zero-order valence-electron chi connectivity index (χ0n) is 12.7. The molecule has 2 nitrogen and oxygen atoms in total. The molecule has 0 spiro atoms. The second-order valence-electron chi connectivity index (χ2n) is 7.43. The van der Waals surface area contributed by atoms with Crippen molar-refractivity contribution in [3.05, 3.63) is 22.7 Å². The van der Waals surface area contributed by atoms with Crippen LogP contribution < -0.4 is 5.32 Å². The summed E-state index contributed by atoms with van der Waals surface area (Å²) in [6.07, 6.45) is 3.93. The summed E-state index contributed by atoms with van der Waals surface area (Å²) >= 11 is 8.13. The van der Waals surface area contributed by atoms with E-state index in [0.717, 1.165) is 22.1 Å². The van der Waals surface area contributed by atoms with Gasteiger partial charge in [0.1, 0.15) is 5.52 Å². The Labute approximate surface area is 134 Å². The molecule has 4 rings (SSSR count).